The summed E-state index contributed by atoms with van der Waals surface area (Å²) in [6.45, 7) is 0.891. The zero-order valence-electron chi connectivity index (χ0n) is 10.8. The molecule has 1 aliphatic heterocycles. The molecule has 2 amide bonds. The Labute approximate surface area is 111 Å². The lowest BCUT2D eigenvalue weighted by atomic mass is 10.1. The normalized spacial score (nSPS) is 18.4. The van der Waals surface area contributed by atoms with Gasteiger partial charge in [-0.3, -0.25) is 9.59 Å². The number of nitrogen functional groups attached to an aromatic ring is 1. The summed E-state index contributed by atoms with van der Waals surface area (Å²) in [6.07, 6.45) is 0.609. The third kappa shape index (κ3) is 2.62. The van der Waals surface area contributed by atoms with Gasteiger partial charge < -0.3 is 21.1 Å². The first kappa shape index (κ1) is 13.2. The van der Waals surface area contributed by atoms with Gasteiger partial charge in [-0.15, -0.1) is 0 Å². The number of primary amides is 1. The topological polar surface area (TPSA) is 98.7 Å². The standard InChI is InChI=1S/C13H17N3O3/c1-19-11-6-9(14)2-3-10(11)13(18)16-5-4-8(7-16)12(15)17/h2-3,6,8H,4-5,7,14H2,1H3,(H2,15,17). The van der Waals surface area contributed by atoms with E-state index in [2.05, 4.69) is 0 Å². The first-order chi connectivity index (χ1) is 9.02. The minimum absolute atomic E-state index is 0.166. The molecule has 1 atom stereocenters. The van der Waals surface area contributed by atoms with E-state index < -0.39 is 0 Å². The first-order valence-corrected chi connectivity index (χ1v) is 6.05. The Morgan fingerprint density at radius 1 is 1.42 bits per heavy atom. The van der Waals surface area contributed by atoms with E-state index in [0.29, 0.717) is 36.5 Å². The van der Waals surface area contributed by atoms with Crippen LogP contribution in [-0.2, 0) is 4.79 Å². The molecule has 0 saturated carbocycles. The second kappa shape index (κ2) is 5.17. The molecule has 0 aliphatic carbocycles. The maximum Gasteiger partial charge on any atom is 0.257 e. The van der Waals surface area contributed by atoms with Crippen molar-refractivity contribution in [3.63, 3.8) is 0 Å². The zero-order valence-corrected chi connectivity index (χ0v) is 10.8. The van der Waals surface area contributed by atoms with Crippen LogP contribution in [0.25, 0.3) is 0 Å². The molecular formula is C13H17N3O3. The van der Waals surface area contributed by atoms with Gasteiger partial charge in [0.1, 0.15) is 5.75 Å². The lowest BCUT2D eigenvalue weighted by Gasteiger charge is -2.18. The summed E-state index contributed by atoms with van der Waals surface area (Å²) in [5.41, 5.74) is 11.9. The molecule has 102 valence electrons. The molecule has 1 aromatic carbocycles. The predicted octanol–water partition coefficient (Wildman–Crippen LogP) is 0.225. The van der Waals surface area contributed by atoms with Crippen LogP contribution in [0.15, 0.2) is 18.2 Å². The van der Waals surface area contributed by atoms with Crippen molar-refractivity contribution in [2.24, 2.45) is 11.7 Å². The van der Waals surface area contributed by atoms with Crippen LogP contribution < -0.4 is 16.2 Å². The summed E-state index contributed by atoms with van der Waals surface area (Å²) < 4.78 is 5.16. The number of nitrogens with two attached hydrogens (primary N) is 2. The van der Waals surface area contributed by atoms with E-state index in [0.717, 1.165) is 0 Å². The van der Waals surface area contributed by atoms with Gasteiger partial charge in [0.05, 0.1) is 18.6 Å². The van der Waals surface area contributed by atoms with E-state index >= 15 is 0 Å². The van der Waals surface area contributed by atoms with E-state index in [1.165, 1.54) is 7.11 Å². The average Bonchev–Trinajstić information content (AvgIpc) is 2.87. The molecule has 6 heteroatoms. The van der Waals surface area contributed by atoms with Crippen LogP contribution in [0.1, 0.15) is 16.8 Å². The average molecular weight is 263 g/mol. The van der Waals surface area contributed by atoms with Gasteiger partial charge in [-0.1, -0.05) is 0 Å². The maximum atomic E-state index is 12.4. The minimum atomic E-state index is -0.362. The fourth-order valence-electron chi connectivity index (χ4n) is 2.23. The van der Waals surface area contributed by atoms with Gasteiger partial charge in [-0.05, 0) is 18.6 Å². The van der Waals surface area contributed by atoms with Gasteiger partial charge in [0.15, 0.2) is 0 Å². The molecule has 1 unspecified atom stereocenters. The Balaban J connectivity index is 2.19. The van der Waals surface area contributed by atoms with Crippen LogP contribution in [0.3, 0.4) is 0 Å². The number of likely N-dealkylation sites (tertiary alicyclic amines) is 1. The number of rotatable bonds is 3. The molecule has 6 nitrogen and oxygen atoms in total. The third-order valence-electron chi connectivity index (χ3n) is 3.33. The van der Waals surface area contributed by atoms with Crippen LogP contribution in [0, 0.1) is 5.92 Å². The van der Waals surface area contributed by atoms with E-state index in [4.69, 9.17) is 16.2 Å². The predicted molar refractivity (Wildman–Crippen MR) is 70.6 cm³/mol. The lowest BCUT2D eigenvalue weighted by molar-refractivity contribution is -0.121. The smallest absolute Gasteiger partial charge is 0.257 e. The quantitative estimate of drug-likeness (QED) is 0.762. The van der Waals surface area contributed by atoms with Crippen molar-refractivity contribution >= 4 is 17.5 Å². The molecule has 1 aromatic rings. The molecule has 0 bridgehead atoms. The Morgan fingerprint density at radius 3 is 2.74 bits per heavy atom. The van der Waals surface area contributed by atoms with Crippen molar-refractivity contribution in [2.75, 3.05) is 25.9 Å². The summed E-state index contributed by atoms with van der Waals surface area (Å²) in [6, 6.07) is 4.89. The molecule has 1 fully saturated rings. The number of methoxy groups -OCH3 is 1. The molecular weight excluding hydrogens is 246 g/mol. The van der Waals surface area contributed by atoms with Crippen molar-refractivity contribution in [1.29, 1.82) is 0 Å². The van der Waals surface area contributed by atoms with Crippen molar-refractivity contribution in [3.05, 3.63) is 23.8 Å². The zero-order chi connectivity index (χ0) is 14.0. The lowest BCUT2D eigenvalue weighted by Crippen LogP contribution is -2.32. The van der Waals surface area contributed by atoms with Crippen LogP contribution in [0.2, 0.25) is 0 Å². The Morgan fingerprint density at radius 2 is 2.16 bits per heavy atom. The summed E-state index contributed by atoms with van der Waals surface area (Å²) in [7, 11) is 1.49. The third-order valence-corrected chi connectivity index (χ3v) is 3.33. The number of benzene rings is 1. The molecule has 4 N–H and O–H groups in total. The van der Waals surface area contributed by atoms with Gasteiger partial charge in [0, 0.05) is 24.8 Å². The number of hydrogen-bond acceptors (Lipinski definition) is 4. The molecule has 2 rings (SSSR count). The number of ether oxygens (including phenoxy) is 1. The fraction of sp³-hybridized carbons (Fsp3) is 0.385. The molecule has 0 spiro atoms. The van der Waals surface area contributed by atoms with E-state index in [1.807, 2.05) is 0 Å². The van der Waals surface area contributed by atoms with Gasteiger partial charge in [0.25, 0.3) is 5.91 Å². The molecule has 0 radical (unpaired) electrons. The summed E-state index contributed by atoms with van der Waals surface area (Å²) >= 11 is 0. The van der Waals surface area contributed by atoms with Crippen molar-refractivity contribution in [3.8, 4) is 5.75 Å². The van der Waals surface area contributed by atoms with E-state index in [1.54, 1.807) is 23.1 Å². The number of amides is 2. The second-order valence-corrected chi connectivity index (χ2v) is 4.60. The highest BCUT2D eigenvalue weighted by molar-refractivity contribution is 5.98. The Bertz CT molecular complexity index is 516. The second-order valence-electron chi connectivity index (χ2n) is 4.60. The minimum Gasteiger partial charge on any atom is -0.496 e. The molecule has 1 aliphatic rings. The Kier molecular flexibility index (Phi) is 3.59. The van der Waals surface area contributed by atoms with Gasteiger partial charge in [0.2, 0.25) is 5.91 Å². The molecule has 0 aromatic heterocycles. The number of anilines is 1. The molecule has 1 heterocycles. The number of carbonyl (C=O) groups is 2. The van der Waals surface area contributed by atoms with Crippen molar-refractivity contribution in [2.45, 2.75) is 6.42 Å². The van der Waals surface area contributed by atoms with Crippen molar-refractivity contribution in [1.82, 2.24) is 4.90 Å². The van der Waals surface area contributed by atoms with Crippen LogP contribution in [0.5, 0.6) is 5.75 Å². The van der Waals surface area contributed by atoms with Gasteiger partial charge in [-0.2, -0.15) is 0 Å². The highest BCUT2D eigenvalue weighted by atomic mass is 16.5. The van der Waals surface area contributed by atoms with Crippen LogP contribution in [-0.4, -0.2) is 36.9 Å². The Hall–Kier alpha value is -2.24. The summed E-state index contributed by atoms with van der Waals surface area (Å²) in [4.78, 5) is 25.1. The first-order valence-electron chi connectivity index (χ1n) is 6.05. The summed E-state index contributed by atoms with van der Waals surface area (Å²) in [5.74, 6) is -0.351. The SMILES string of the molecule is COc1cc(N)ccc1C(=O)N1CCC(C(N)=O)C1. The van der Waals surface area contributed by atoms with E-state index in [-0.39, 0.29) is 17.7 Å². The highest BCUT2D eigenvalue weighted by Crippen LogP contribution is 2.25. The fourth-order valence-corrected chi connectivity index (χ4v) is 2.23. The highest BCUT2D eigenvalue weighted by Gasteiger charge is 2.31. The molecule has 19 heavy (non-hydrogen) atoms. The maximum absolute atomic E-state index is 12.4. The number of carbonyl (C=O) groups excluding carboxylic acids is 2. The van der Waals surface area contributed by atoms with Crippen molar-refractivity contribution < 1.29 is 14.3 Å². The van der Waals surface area contributed by atoms with Gasteiger partial charge in [-0.25, -0.2) is 0 Å². The van der Waals surface area contributed by atoms with Crippen LogP contribution in [0.4, 0.5) is 5.69 Å². The number of hydrogen-bond donors (Lipinski definition) is 2. The van der Waals surface area contributed by atoms with Gasteiger partial charge >= 0.3 is 0 Å². The van der Waals surface area contributed by atoms with Crippen LogP contribution >= 0.6 is 0 Å². The number of nitrogens with zero attached hydrogens (tertiary/aromatic N) is 1. The monoisotopic (exact) mass is 263 g/mol. The largest absolute Gasteiger partial charge is 0.496 e. The molecule has 1 saturated heterocycles. The van der Waals surface area contributed by atoms with E-state index in [9.17, 15) is 9.59 Å². The summed E-state index contributed by atoms with van der Waals surface area (Å²) in [5, 5.41) is 0.